The first-order chi connectivity index (χ1) is 8.95. The number of methoxy groups -OCH3 is 1. The second kappa shape index (κ2) is 5.72. The van der Waals surface area contributed by atoms with Gasteiger partial charge in [-0.15, -0.1) is 11.6 Å². The minimum absolute atomic E-state index is 0.0143. The highest BCUT2D eigenvalue weighted by Crippen LogP contribution is 2.44. The molecule has 1 fully saturated rings. The van der Waals surface area contributed by atoms with Crippen molar-refractivity contribution in [2.75, 3.05) is 7.11 Å². The molecule has 0 bridgehead atoms. The first-order valence-electron chi connectivity index (χ1n) is 6.89. The Balaban J connectivity index is 2.24. The number of benzene rings is 1. The van der Waals surface area contributed by atoms with E-state index in [1.807, 2.05) is 13.0 Å². The van der Waals surface area contributed by atoms with Gasteiger partial charge in [-0.1, -0.05) is 19.1 Å². The fourth-order valence-corrected chi connectivity index (χ4v) is 3.66. The standard InChI is InChI=1S/C16H23ClO2/c1-9-8-13(6-7-14(9)18-5)16(17)15-10(2)11(3)19-12(15)4/h6-8,10-12,15-16H,1-5H3. The molecule has 0 aliphatic carbocycles. The maximum absolute atomic E-state index is 6.71. The molecule has 19 heavy (non-hydrogen) atoms. The van der Waals surface area contributed by atoms with Crippen LogP contribution in [0.25, 0.3) is 0 Å². The predicted molar refractivity (Wildman–Crippen MR) is 79.0 cm³/mol. The largest absolute Gasteiger partial charge is 0.496 e. The van der Waals surface area contributed by atoms with Gasteiger partial charge in [-0.2, -0.15) is 0 Å². The molecule has 1 aromatic rings. The average molecular weight is 283 g/mol. The van der Waals surface area contributed by atoms with Gasteiger partial charge in [0.25, 0.3) is 0 Å². The van der Waals surface area contributed by atoms with Gasteiger partial charge in [0, 0.05) is 5.92 Å². The summed E-state index contributed by atoms with van der Waals surface area (Å²) < 4.78 is 11.2. The smallest absolute Gasteiger partial charge is 0.121 e. The molecule has 1 aromatic carbocycles. The highest BCUT2D eigenvalue weighted by Gasteiger charge is 2.41. The van der Waals surface area contributed by atoms with E-state index in [0.717, 1.165) is 16.9 Å². The number of halogens is 1. The van der Waals surface area contributed by atoms with E-state index in [1.165, 1.54) is 0 Å². The Kier molecular flexibility index (Phi) is 4.42. The summed E-state index contributed by atoms with van der Waals surface area (Å²) in [6.45, 7) is 8.53. The molecule has 1 aliphatic heterocycles. The maximum Gasteiger partial charge on any atom is 0.121 e. The third kappa shape index (κ3) is 2.75. The number of ether oxygens (including phenoxy) is 2. The molecule has 5 unspecified atom stereocenters. The second-order valence-corrected chi connectivity index (χ2v) is 6.08. The van der Waals surface area contributed by atoms with Crippen LogP contribution in [0.15, 0.2) is 18.2 Å². The SMILES string of the molecule is COc1ccc(C(Cl)C2C(C)OC(C)C2C)cc1C. The lowest BCUT2D eigenvalue weighted by atomic mass is 9.84. The highest BCUT2D eigenvalue weighted by atomic mass is 35.5. The molecular weight excluding hydrogens is 260 g/mol. The molecule has 0 spiro atoms. The van der Waals surface area contributed by atoms with Crippen LogP contribution in [-0.2, 0) is 4.74 Å². The Morgan fingerprint density at radius 2 is 1.89 bits per heavy atom. The van der Waals surface area contributed by atoms with E-state index < -0.39 is 0 Å². The van der Waals surface area contributed by atoms with Crippen molar-refractivity contribution in [3.63, 3.8) is 0 Å². The first kappa shape index (κ1) is 14.7. The molecule has 0 N–H and O–H groups in total. The number of rotatable bonds is 3. The fraction of sp³-hybridized carbons (Fsp3) is 0.625. The van der Waals surface area contributed by atoms with Crippen LogP contribution in [0.2, 0.25) is 0 Å². The van der Waals surface area contributed by atoms with Gasteiger partial charge in [-0.3, -0.25) is 0 Å². The van der Waals surface area contributed by atoms with E-state index in [-0.39, 0.29) is 17.6 Å². The van der Waals surface area contributed by atoms with Crippen molar-refractivity contribution >= 4 is 11.6 Å². The molecule has 2 nitrogen and oxygen atoms in total. The average Bonchev–Trinajstić information content (AvgIpc) is 2.62. The van der Waals surface area contributed by atoms with Crippen molar-refractivity contribution in [2.45, 2.75) is 45.3 Å². The molecule has 0 aromatic heterocycles. The lowest BCUT2D eigenvalue weighted by molar-refractivity contribution is 0.0508. The summed E-state index contributed by atoms with van der Waals surface area (Å²) in [4.78, 5) is 0. The zero-order valence-electron chi connectivity index (χ0n) is 12.3. The van der Waals surface area contributed by atoms with Crippen molar-refractivity contribution in [3.8, 4) is 5.75 Å². The summed E-state index contributed by atoms with van der Waals surface area (Å²) in [6, 6.07) is 6.18. The molecule has 0 saturated carbocycles. The van der Waals surface area contributed by atoms with Gasteiger partial charge in [0.05, 0.1) is 24.7 Å². The minimum Gasteiger partial charge on any atom is -0.496 e. The molecule has 1 aliphatic rings. The molecule has 1 saturated heterocycles. The molecule has 1 heterocycles. The van der Waals surface area contributed by atoms with Gasteiger partial charge < -0.3 is 9.47 Å². The normalized spacial score (nSPS) is 32.3. The zero-order valence-corrected chi connectivity index (χ0v) is 13.1. The Labute approximate surface area is 121 Å². The van der Waals surface area contributed by atoms with Gasteiger partial charge in [-0.05, 0) is 43.9 Å². The van der Waals surface area contributed by atoms with Gasteiger partial charge in [-0.25, -0.2) is 0 Å². The Bertz CT molecular complexity index is 446. The summed E-state index contributed by atoms with van der Waals surface area (Å²) in [6.07, 6.45) is 0.482. The third-order valence-electron chi connectivity index (χ3n) is 4.39. The van der Waals surface area contributed by atoms with Gasteiger partial charge in [0.1, 0.15) is 5.75 Å². The highest BCUT2D eigenvalue weighted by molar-refractivity contribution is 6.21. The molecule has 3 heteroatoms. The van der Waals surface area contributed by atoms with E-state index in [1.54, 1.807) is 7.11 Å². The molecule has 0 amide bonds. The predicted octanol–water partition coefficient (Wildman–Crippen LogP) is 4.34. The molecule has 5 atom stereocenters. The zero-order chi connectivity index (χ0) is 14.2. The van der Waals surface area contributed by atoms with Crippen LogP contribution in [0.4, 0.5) is 0 Å². The lowest BCUT2D eigenvalue weighted by Crippen LogP contribution is -2.22. The third-order valence-corrected chi connectivity index (χ3v) is 4.94. The maximum atomic E-state index is 6.71. The summed E-state index contributed by atoms with van der Waals surface area (Å²) in [5.41, 5.74) is 2.28. The number of alkyl halides is 1. The topological polar surface area (TPSA) is 18.5 Å². The van der Waals surface area contributed by atoms with Crippen LogP contribution in [-0.4, -0.2) is 19.3 Å². The van der Waals surface area contributed by atoms with Crippen LogP contribution in [0, 0.1) is 18.8 Å². The van der Waals surface area contributed by atoms with Crippen molar-refractivity contribution in [3.05, 3.63) is 29.3 Å². The molecule has 106 valence electrons. The minimum atomic E-state index is -0.0143. The summed E-state index contributed by atoms with van der Waals surface area (Å²) in [7, 11) is 1.69. The second-order valence-electron chi connectivity index (χ2n) is 5.61. The van der Waals surface area contributed by atoms with E-state index in [9.17, 15) is 0 Å². The van der Waals surface area contributed by atoms with Crippen LogP contribution in [0.3, 0.4) is 0 Å². The fourth-order valence-electron chi connectivity index (χ4n) is 3.09. The van der Waals surface area contributed by atoms with Gasteiger partial charge in [0.2, 0.25) is 0 Å². The number of hydrogen-bond acceptors (Lipinski definition) is 2. The van der Waals surface area contributed by atoms with Gasteiger partial charge >= 0.3 is 0 Å². The van der Waals surface area contributed by atoms with E-state index >= 15 is 0 Å². The molecule has 0 radical (unpaired) electrons. The van der Waals surface area contributed by atoms with Crippen molar-refractivity contribution in [2.24, 2.45) is 11.8 Å². The van der Waals surface area contributed by atoms with Crippen LogP contribution in [0.1, 0.15) is 37.3 Å². The Morgan fingerprint density at radius 1 is 1.21 bits per heavy atom. The van der Waals surface area contributed by atoms with E-state index in [2.05, 4.69) is 32.9 Å². The van der Waals surface area contributed by atoms with E-state index in [4.69, 9.17) is 21.1 Å². The van der Waals surface area contributed by atoms with Crippen LogP contribution in [0.5, 0.6) is 5.75 Å². The lowest BCUT2D eigenvalue weighted by Gasteiger charge is -2.25. The van der Waals surface area contributed by atoms with Gasteiger partial charge in [0.15, 0.2) is 0 Å². The van der Waals surface area contributed by atoms with Crippen LogP contribution >= 0.6 is 11.6 Å². The Morgan fingerprint density at radius 3 is 2.37 bits per heavy atom. The Hall–Kier alpha value is -0.730. The first-order valence-corrected chi connectivity index (χ1v) is 7.33. The summed E-state index contributed by atoms with van der Waals surface area (Å²) in [5.74, 6) is 1.73. The van der Waals surface area contributed by atoms with Crippen molar-refractivity contribution in [1.29, 1.82) is 0 Å². The van der Waals surface area contributed by atoms with Crippen molar-refractivity contribution in [1.82, 2.24) is 0 Å². The molecular formula is C16H23ClO2. The number of hydrogen-bond donors (Lipinski definition) is 0. The summed E-state index contributed by atoms with van der Waals surface area (Å²) in [5, 5.41) is -0.0143. The number of aryl methyl sites for hydroxylation is 1. The van der Waals surface area contributed by atoms with Crippen LogP contribution < -0.4 is 4.74 Å². The van der Waals surface area contributed by atoms with Crippen molar-refractivity contribution < 1.29 is 9.47 Å². The quantitative estimate of drug-likeness (QED) is 0.768. The monoisotopic (exact) mass is 282 g/mol. The summed E-state index contributed by atoms with van der Waals surface area (Å²) >= 11 is 6.71. The molecule has 2 rings (SSSR count). The van der Waals surface area contributed by atoms with E-state index in [0.29, 0.717) is 11.8 Å².